The zero-order chi connectivity index (χ0) is 21.4. The maximum absolute atomic E-state index is 5.06. The molecule has 0 saturated carbocycles. The SMILES string of the molecule is Cc1nc(C(C)(C)C)nc2c1Cc1c(c(C)c(C)c3c(C)c(C)c(C)c(C)c13)C2. The summed E-state index contributed by atoms with van der Waals surface area (Å²) in [6, 6.07) is 0. The van der Waals surface area contributed by atoms with Crippen LogP contribution in [0.4, 0.5) is 0 Å². The highest BCUT2D eigenvalue weighted by molar-refractivity contribution is 5.98. The minimum Gasteiger partial charge on any atom is -0.237 e. The van der Waals surface area contributed by atoms with Gasteiger partial charge in [-0.2, -0.15) is 0 Å². The normalized spacial score (nSPS) is 13.6. The van der Waals surface area contributed by atoms with Crippen LogP contribution in [0, 0.1) is 48.5 Å². The molecule has 152 valence electrons. The molecule has 0 atom stereocenters. The number of hydrogen-bond acceptors (Lipinski definition) is 2. The van der Waals surface area contributed by atoms with E-state index >= 15 is 0 Å². The molecule has 1 aromatic heterocycles. The average Bonchev–Trinajstić information content (AvgIpc) is 2.65. The second-order valence-corrected chi connectivity index (χ2v) is 10.1. The first-order valence-electron chi connectivity index (χ1n) is 10.8. The number of hydrogen-bond donors (Lipinski definition) is 0. The summed E-state index contributed by atoms with van der Waals surface area (Å²) < 4.78 is 0. The first-order chi connectivity index (χ1) is 13.4. The van der Waals surface area contributed by atoms with Gasteiger partial charge in [0.1, 0.15) is 5.82 Å². The topological polar surface area (TPSA) is 25.8 Å². The Balaban J connectivity index is 2.06. The number of benzene rings is 2. The highest BCUT2D eigenvalue weighted by Crippen LogP contribution is 2.42. The lowest BCUT2D eigenvalue weighted by molar-refractivity contribution is 0.537. The molecule has 29 heavy (non-hydrogen) atoms. The summed E-state index contributed by atoms with van der Waals surface area (Å²) in [4.78, 5) is 9.97. The fourth-order valence-corrected chi connectivity index (χ4v) is 5.10. The van der Waals surface area contributed by atoms with E-state index in [9.17, 15) is 0 Å². The van der Waals surface area contributed by atoms with Gasteiger partial charge in [-0.3, -0.25) is 0 Å². The molecule has 0 bridgehead atoms. The summed E-state index contributed by atoms with van der Waals surface area (Å²) in [6.07, 6.45) is 1.87. The van der Waals surface area contributed by atoms with Crippen molar-refractivity contribution >= 4 is 10.8 Å². The molecule has 3 aromatic rings. The van der Waals surface area contributed by atoms with E-state index in [0.29, 0.717) is 0 Å². The Morgan fingerprint density at radius 1 is 0.552 bits per heavy atom. The summed E-state index contributed by atoms with van der Waals surface area (Å²) in [5.41, 5.74) is 15.3. The van der Waals surface area contributed by atoms with Gasteiger partial charge in [0.25, 0.3) is 0 Å². The van der Waals surface area contributed by atoms with Gasteiger partial charge in [0, 0.05) is 24.0 Å². The molecule has 1 aliphatic rings. The molecule has 4 rings (SSSR count). The van der Waals surface area contributed by atoms with E-state index in [-0.39, 0.29) is 5.41 Å². The molecule has 0 amide bonds. The van der Waals surface area contributed by atoms with Crippen molar-refractivity contribution in [3.8, 4) is 0 Å². The molecule has 0 fully saturated rings. The van der Waals surface area contributed by atoms with Crippen LogP contribution in [0.2, 0.25) is 0 Å². The van der Waals surface area contributed by atoms with Gasteiger partial charge in [-0.15, -0.1) is 0 Å². The second kappa shape index (κ2) is 6.39. The fraction of sp³-hybridized carbons (Fsp3) is 0.481. The summed E-state index contributed by atoms with van der Waals surface area (Å²) in [7, 11) is 0. The maximum atomic E-state index is 5.06. The predicted molar refractivity (Wildman–Crippen MR) is 123 cm³/mol. The van der Waals surface area contributed by atoms with Gasteiger partial charge in [-0.1, -0.05) is 20.8 Å². The van der Waals surface area contributed by atoms with Crippen molar-refractivity contribution in [3.63, 3.8) is 0 Å². The zero-order valence-corrected chi connectivity index (χ0v) is 19.8. The van der Waals surface area contributed by atoms with Crippen LogP contribution in [0.3, 0.4) is 0 Å². The first kappa shape index (κ1) is 20.1. The third kappa shape index (κ3) is 2.83. The fourth-order valence-electron chi connectivity index (χ4n) is 5.10. The number of aromatic nitrogens is 2. The van der Waals surface area contributed by atoms with Crippen LogP contribution in [0.1, 0.15) is 88.1 Å². The summed E-state index contributed by atoms with van der Waals surface area (Å²) >= 11 is 0. The van der Waals surface area contributed by atoms with E-state index in [0.717, 1.165) is 24.4 Å². The Kier molecular flexibility index (Phi) is 4.42. The molecular weight excluding hydrogens is 352 g/mol. The molecule has 1 aliphatic carbocycles. The van der Waals surface area contributed by atoms with Crippen LogP contribution in [0.15, 0.2) is 0 Å². The van der Waals surface area contributed by atoms with Crippen LogP contribution >= 0.6 is 0 Å². The van der Waals surface area contributed by atoms with Gasteiger partial charge in [-0.05, 0) is 109 Å². The average molecular weight is 387 g/mol. The van der Waals surface area contributed by atoms with Crippen LogP contribution in [0.25, 0.3) is 10.8 Å². The minimum absolute atomic E-state index is 0.0310. The summed E-state index contributed by atoms with van der Waals surface area (Å²) in [6.45, 7) is 22.5. The van der Waals surface area contributed by atoms with E-state index in [4.69, 9.17) is 9.97 Å². The molecule has 0 unspecified atom stereocenters. The van der Waals surface area contributed by atoms with Gasteiger partial charge < -0.3 is 0 Å². The summed E-state index contributed by atoms with van der Waals surface area (Å²) in [5.74, 6) is 0.964. The number of aryl methyl sites for hydroxylation is 4. The van der Waals surface area contributed by atoms with Gasteiger partial charge in [0.05, 0.1) is 5.69 Å². The number of fused-ring (bicyclic) bond motifs is 4. The molecule has 2 nitrogen and oxygen atoms in total. The first-order valence-corrected chi connectivity index (χ1v) is 10.8. The largest absolute Gasteiger partial charge is 0.237 e. The standard InChI is InChI=1S/C27H34N2/c1-13-14(2)17(5)25-22-11-21-19(7)28-26(27(8,9)10)29-23(21)12-20(22)15(3)18(6)24(25)16(13)4/h11-12H2,1-10H3. The Bertz CT molecular complexity index is 1190. The highest BCUT2D eigenvalue weighted by Gasteiger charge is 2.28. The van der Waals surface area contributed by atoms with Crippen molar-refractivity contribution in [2.45, 2.75) is 87.5 Å². The van der Waals surface area contributed by atoms with E-state index < -0.39 is 0 Å². The predicted octanol–water partition coefficient (Wildman–Crippen LogP) is 6.58. The molecule has 0 saturated heterocycles. The van der Waals surface area contributed by atoms with Crippen molar-refractivity contribution < 1.29 is 0 Å². The van der Waals surface area contributed by atoms with Gasteiger partial charge in [0.2, 0.25) is 0 Å². The lowest BCUT2D eigenvalue weighted by atomic mass is 9.77. The Labute approximate surface area is 175 Å². The lowest BCUT2D eigenvalue weighted by Gasteiger charge is -2.29. The van der Waals surface area contributed by atoms with Crippen LogP contribution in [-0.4, -0.2) is 9.97 Å². The monoisotopic (exact) mass is 386 g/mol. The maximum Gasteiger partial charge on any atom is 0.134 e. The molecule has 2 aromatic carbocycles. The quantitative estimate of drug-likeness (QED) is 0.341. The van der Waals surface area contributed by atoms with Crippen LogP contribution in [0.5, 0.6) is 0 Å². The lowest BCUT2D eigenvalue weighted by Crippen LogP contribution is -2.22. The summed E-state index contributed by atoms with van der Waals surface area (Å²) in [5, 5.41) is 2.95. The molecule has 0 radical (unpaired) electrons. The third-order valence-electron chi connectivity index (χ3n) is 7.41. The van der Waals surface area contributed by atoms with Gasteiger partial charge in [-0.25, -0.2) is 9.97 Å². The van der Waals surface area contributed by atoms with Crippen molar-refractivity contribution in [2.75, 3.05) is 0 Å². The Morgan fingerprint density at radius 2 is 1.10 bits per heavy atom. The van der Waals surface area contributed by atoms with Crippen LogP contribution < -0.4 is 0 Å². The van der Waals surface area contributed by atoms with Crippen LogP contribution in [-0.2, 0) is 18.3 Å². The molecule has 0 spiro atoms. The Hall–Kier alpha value is -2.22. The number of rotatable bonds is 0. The van der Waals surface area contributed by atoms with Gasteiger partial charge in [0.15, 0.2) is 0 Å². The minimum atomic E-state index is -0.0310. The van der Waals surface area contributed by atoms with Crippen molar-refractivity contribution in [1.29, 1.82) is 0 Å². The van der Waals surface area contributed by atoms with Gasteiger partial charge >= 0.3 is 0 Å². The second-order valence-electron chi connectivity index (χ2n) is 10.1. The molecule has 0 N–H and O–H groups in total. The van der Waals surface area contributed by atoms with E-state index in [1.807, 2.05) is 0 Å². The smallest absolute Gasteiger partial charge is 0.134 e. The van der Waals surface area contributed by atoms with Crippen molar-refractivity contribution in [3.05, 3.63) is 67.3 Å². The van der Waals surface area contributed by atoms with Crippen molar-refractivity contribution in [2.24, 2.45) is 0 Å². The highest BCUT2D eigenvalue weighted by atomic mass is 14.9. The third-order valence-corrected chi connectivity index (χ3v) is 7.41. The van der Waals surface area contributed by atoms with E-state index in [1.54, 1.807) is 0 Å². The number of nitrogens with zero attached hydrogens (tertiary/aromatic N) is 2. The van der Waals surface area contributed by atoms with Crippen molar-refractivity contribution in [1.82, 2.24) is 9.97 Å². The van der Waals surface area contributed by atoms with E-state index in [2.05, 4.69) is 69.2 Å². The molecule has 2 heteroatoms. The molecule has 0 aliphatic heterocycles. The Morgan fingerprint density at radius 3 is 1.69 bits per heavy atom. The van der Waals surface area contributed by atoms with E-state index in [1.165, 1.54) is 66.5 Å². The zero-order valence-electron chi connectivity index (χ0n) is 19.8. The molecular formula is C27H34N2. The molecule has 1 heterocycles.